The molecule has 0 saturated carbocycles. The smallest absolute Gasteiger partial charge is 0.0716 e. The third-order valence-electron chi connectivity index (χ3n) is 6.19. The van der Waals surface area contributed by atoms with Gasteiger partial charge >= 0.3 is 0 Å². The van der Waals surface area contributed by atoms with Crippen LogP contribution >= 0.6 is 8.07 Å². The highest BCUT2D eigenvalue weighted by Crippen LogP contribution is 2.61. The highest BCUT2D eigenvalue weighted by molar-refractivity contribution is 7.75. The Labute approximate surface area is 176 Å². The quantitative estimate of drug-likeness (QED) is 0.280. The molecule has 2 aliphatic rings. The van der Waals surface area contributed by atoms with E-state index in [9.17, 15) is 0 Å². The second-order valence-electron chi connectivity index (χ2n) is 7.73. The summed E-state index contributed by atoms with van der Waals surface area (Å²) in [5, 5.41) is 5.40. The van der Waals surface area contributed by atoms with Gasteiger partial charge in [0, 0.05) is 33.3 Å². The molecular weight excluding hydrogens is 383 g/mol. The lowest BCUT2D eigenvalue weighted by Gasteiger charge is -2.44. The molecule has 0 bridgehead atoms. The van der Waals surface area contributed by atoms with Crippen molar-refractivity contribution in [1.29, 1.82) is 0 Å². The molecule has 4 aromatic carbocycles. The van der Waals surface area contributed by atoms with E-state index in [1.165, 1.54) is 55.0 Å². The first-order valence-corrected chi connectivity index (χ1v) is 11.5. The predicted molar refractivity (Wildman–Crippen MR) is 127 cm³/mol. The van der Waals surface area contributed by atoms with Crippen molar-refractivity contribution in [1.82, 2.24) is 4.98 Å². The van der Waals surface area contributed by atoms with Gasteiger partial charge in [0.2, 0.25) is 0 Å². The van der Waals surface area contributed by atoms with Gasteiger partial charge in [0.1, 0.15) is 0 Å². The zero-order valence-corrected chi connectivity index (χ0v) is 17.1. The first-order valence-electron chi connectivity index (χ1n) is 10.2. The summed E-state index contributed by atoms with van der Waals surface area (Å²) in [6, 6.07) is 33.2. The van der Waals surface area contributed by atoms with Crippen molar-refractivity contribution in [2.24, 2.45) is 0 Å². The molecule has 0 N–H and O–H groups in total. The summed E-state index contributed by atoms with van der Waals surface area (Å²) in [6.07, 6.45) is 3.95. The fraction of sp³-hybridized carbons (Fsp3) is 0. The number of benzene rings is 4. The van der Waals surface area contributed by atoms with Crippen LogP contribution in [0.5, 0.6) is 0 Å². The monoisotopic (exact) mass is 400 g/mol. The van der Waals surface area contributed by atoms with E-state index in [1.54, 1.807) is 0 Å². The van der Waals surface area contributed by atoms with Gasteiger partial charge in [0.15, 0.2) is 0 Å². The van der Waals surface area contributed by atoms with Crippen molar-refractivity contribution in [3.05, 3.63) is 103 Å². The maximum atomic E-state index is 4.54. The lowest BCUT2D eigenvalue weighted by molar-refractivity contribution is 1.28. The minimum Gasteiger partial charge on any atom is -0.308 e. The molecule has 30 heavy (non-hydrogen) atoms. The molecule has 1 atom stereocenters. The van der Waals surface area contributed by atoms with Crippen LogP contribution < -0.4 is 15.3 Å². The predicted octanol–water partition coefficient (Wildman–Crippen LogP) is 6.38. The van der Waals surface area contributed by atoms with Crippen molar-refractivity contribution in [2.45, 2.75) is 0 Å². The Morgan fingerprint density at radius 2 is 1.30 bits per heavy atom. The zero-order chi connectivity index (χ0) is 19.7. The maximum absolute atomic E-state index is 4.54. The SMILES string of the molecule is c1ccc2c(c1)-c1ccncc1N1c3c(ccc4ccccc34)-c3ccccc3P21. The van der Waals surface area contributed by atoms with E-state index in [0.717, 1.165) is 0 Å². The van der Waals surface area contributed by atoms with Crippen molar-refractivity contribution in [3.8, 4) is 22.3 Å². The Morgan fingerprint density at radius 1 is 0.600 bits per heavy atom. The van der Waals surface area contributed by atoms with Crippen LogP contribution in [0.25, 0.3) is 33.0 Å². The van der Waals surface area contributed by atoms with Gasteiger partial charge in [0.05, 0.1) is 25.6 Å². The topological polar surface area (TPSA) is 16.1 Å². The molecule has 3 heterocycles. The van der Waals surface area contributed by atoms with Crippen LogP contribution in [-0.4, -0.2) is 4.98 Å². The summed E-state index contributed by atoms with van der Waals surface area (Å²) < 4.78 is 2.58. The summed E-state index contributed by atoms with van der Waals surface area (Å²) in [7, 11) is -0.731. The van der Waals surface area contributed by atoms with Crippen LogP contribution in [0, 0.1) is 0 Å². The van der Waals surface area contributed by atoms with Crippen molar-refractivity contribution in [3.63, 3.8) is 0 Å². The molecule has 0 spiro atoms. The normalized spacial score (nSPS) is 15.6. The zero-order valence-electron chi connectivity index (χ0n) is 16.2. The summed E-state index contributed by atoms with van der Waals surface area (Å²) >= 11 is 0. The van der Waals surface area contributed by atoms with E-state index < -0.39 is 8.07 Å². The number of fused-ring (bicyclic) bond motifs is 13. The summed E-state index contributed by atoms with van der Waals surface area (Å²) in [6.45, 7) is 0. The van der Waals surface area contributed by atoms with Crippen molar-refractivity contribution < 1.29 is 0 Å². The lowest BCUT2D eigenvalue weighted by Crippen LogP contribution is -2.34. The Hall–Kier alpha value is -3.48. The molecule has 5 aromatic rings. The van der Waals surface area contributed by atoms with Gasteiger partial charge in [-0.05, 0) is 22.6 Å². The fourth-order valence-corrected chi connectivity index (χ4v) is 7.71. The number of pyridine rings is 1. The first-order chi connectivity index (χ1) is 14.9. The van der Waals surface area contributed by atoms with E-state index in [1.807, 2.05) is 12.4 Å². The van der Waals surface area contributed by atoms with Crippen LogP contribution in [-0.2, 0) is 0 Å². The minimum absolute atomic E-state index is 0.731. The molecule has 0 amide bonds. The maximum Gasteiger partial charge on any atom is 0.0716 e. The third kappa shape index (κ3) is 2.04. The van der Waals surface area contributed by atoms with Gasteiger partial charge in [0.25, 0.3) is 0 Å². The number of rotatable bonds is 0. The van der Waals surface area contributed by atoms with Gasteiger partial charge in [-0.2, -0.15) is 0 Å². The average molecular weight is 400 g/mol. The largest absolute Gasteiger partial charge is 0.308 e. The molecule has 2 aliphatic heterocycles. The number of anilines is 2. The summed E-state index contributed by atoms with van der Waals surface area (Å²) in [5.41, 5.74) is 7.75. The number of aromatic nitrogens is 1. The molecule has 0 radical (unpaired) electrons. The Kier molecular flexibility index (Phi) is 3.27. The van der Waals surface area contributed by atoms with Crippen LogP contribution in [0.2, 0.25) is 0 Å². The second-order valence-corrected chi connectivity index (χ2v) is 9.72. The molecule has 2 nitrogen and oxygen atoms in total. The average Bonchev–Trinajstić information content (AvgIpc) is 2.83. The van der Waals surface area contributed by atoms with E-state index in [0.29, 0.717) is 0 Å². The highest BCUT2D eigenvalue weighted by atomic mass is 31.1. The number of nitrogens with zero attached hydrogens (tertiary/aromatic N) is 2. The molecular formula is C27H17N2P. The van der Waals surface area contributed by atoms with E-state index >= 15 is 0 Å². The fourth-order valence-electron chi connectivity index (χ4n) is 4.93. The Morgan fingerprint density at radius 3 is 2.13 bits per heavy atom. The summed E-state index contributed by atoms with van der Waals surface area (Å²) in [4.78, 5) is 4.54. The molecule has 0 fully saturated rings. The highest BCUT2D eigenvalue weighted by Gasteiger charge is 2.39. The molecule has 1 aromatic heterocycles. The van der Waals surface area contributed by atoms with E-state index in [-0.39, 0.29) is 0 Å². The number of hydrogen-bond acceptors (Lipinski definition) is 2. The minimum atomic E-state index is -0.731. The van der Waals surface area contributed by atoms with Gasteiger partial charge in [-0.3, -0.25) is 4.98 Å². The van der Waals surface area contributed by atoms with Gasteiger partial charge in [-0.1, -0.05) is 84.9 Å². The van der Waals surface area contributed by atoms with Crippen molar-refractivity contribution >= 4 is 40.8 Å². The Balaban J connectivity index is 1.69. The van der Waals surface area contributed by atoms with Crippen LogP contribution in [0.15, 0.2) is 103 Å². The third-order valence-corrected chi connectivity index (χ3v) is 8.69. The second kappa shape index (κ2) is 6.01. The molecule has 0 aliphatic carbocycles. The van der Waals surface area contributed by atoms with Gasteiger partial charge < -0.3 is 4.67 Å². The van der Waals surface area contributed by atoms with Crippen LogP contribution in [0.4, 0.5) is 11.4 Å². The first kappa shape index (κ1) is 16.3. The molecule has 140 valence electrons. The molecule has 3 heteroatoms. The van der Waals surface area contributed by atoms with Gasteiger partial charge in [-0.15, -0.1) is 0 Å². The number of hydrogen-bond donors (Lipinski definition) is 0. The molecule has 1 unspecified atom stereocenters. The van der Waals surface area contributed by atoms with Crippen LogP contribution in [0.3, 0.4) is 0 Å². The molecule has 0 saturated heterocycles. The van der Waals surface area contributed by atoms with Crippen molar-refractivity contribution in [2.75, 3.05) is 4.67 Å². The van der Waals surface area contributed by atoms with E-state index in [2.05, 4.69) is 101 Å². The van der Waals surface area contributed by atoms with E-state index in [4.69, 9.17) is 0 Å². The van der Waals surface area contributed by atoms with Crippen LogP contribution in [0.1, 0.15) is 0 Å². The lowest BCUT2D eigenvalue weighted by atomic mass is 9.96. The van der Waals surface area contributed by atoms with Gasteiger partial charge in [-0.25, -0.2) is 0 Å². The molecule has 7 rings (SSSR count). The summed E-state index contributed by atoms with van der Waals surface area (Å²) in [5.74, 6) is 0. The Bertz CT molecular complexity index is 1470. The standard InChI is InChI=1S/C27H17N2P/c1-2-8-19-18(7-1)13-14-23-22-10-4-6-12-26(22)30-25-11-5-3-9-21(25)20-15-16-28-17-24(20)29(30)27(19)23/h1-17H.